The molecule has 0 aliphatic heterocycles. The van der Waals surface area contributed by atoms with E-state index in [-0.39, 0.29) is 5.41 Å². The van der Waals surface area contributed by atoms with E-state index in [1.165, 1.54) is 93.8 Å². The second-order valence-electron chi connectivity index (χ2n) is 14.9. The molecule has 2 nitrogen and oxygen atoms in total. The molecule has 53 heavy (non-hydrogen) atoms. The summed E-state index contributed by atoms with van der Waals surface area (Å²) in [6, 6.07) is 66.9. The van der Waals surface area contributed by atoms with Crippen molar-refractivity contribution >= 4 is 43.6 Å². The number of rotatable bonds is 4. The van der Waals surface area contributed by atoms with Crippen LogP contribution < -0.4 is 0 Å². The van der Waals surface area contributed by atoms with Gasteiger partial charge in [0.25, 0.3) is 0 Å². The van der Waals surface area contributed by atoms with Crippen molar-refractivity contribution < 1.29 is 0 Å². The molecule has 2 heteroatoms. The molecule has 0 amide bonds. The monoisotopic (exact) mass is 676 g/mol. The van der Waals surface area contributed by atoms with Crippen LogP contribution in [0.5, 0.6) is 0 Å². The maximum Gasteiger partial charge on any atom is 0.0641 e. The molecule has 2 aromatic heterocycles. The minimum atomic E-state index is -0.136. The number of hydrogen-bond acceptors (Lipinski definition) is 0. The molecule has 0 radical (unpaired) electrons. The summed E-state index contributed by atoms with van der Waals surface area (Å²) in [4.78, 5) is 0. The largest absolute Gasteiger partial charge is 0.309 e. The number of hydrogen-bond donors (Lipinski definition) is 0. The molecular weight excluding hydrogens is 641 g/mol. The lowest BCUT2D eigenvalue weighted by molar-refractivity contribution is 0.656. The van der Waals surface area contributed by atoms with Crippen molar-refractivity contribution in [3.8, 4) is 44.8 Å². The first kappa shape index (κ1) is 30.0. The van der Waals surface area contributed by atoms with Crippen LogP contribution in [0.4, 0.5) is 0 Å². The lowest BCUT2D eigenvalue weighted by Crippen LogP contribution is -2.18. The van der Waals surface area contributed by atoms with Crippen molar-refractivity contribution in [2.45, 2.75) is 19.3 Å². The van der Waals surface area contributed by atoms with Gasteiger partial charge in [-0.3, -0.25) is 0 Å². The number of fused-ring (bicyclic) bond motifs is 10. The van der Waals surface area contributed by atoms with E-state index in [2.05, 4.69) is 205 Å². The highest BCUT2D eigenvalue weighted by molar-refractivity contribution is 6.26. The predicted molar refractivity (Wildman–Crippen MR) is 224 cm³/mol. The minimum Gasteiger partial charge on any atom is -0.309 e. The Balaban J connectivity index is 1.14. The normalized spacial score (nSPS) is 13.2. The van der Waals surface area contributed by atoms with Gasteiger partial charge in [-0.2, -0.15) is 0 Å². The van der Waals surface area contributed by atoms with Gasteiger partial charge in [0.15, 0.2) is 0 Å². The fourth-order valence-electron chi connectivity index (χ4n) is 9.33. The molecule has 8 aromatic carbocycles. The summed E-state index contributed by atoms with van der Waals surface area (Å²) in [6.07, 6.45) is 0. The van der Waals surface area contributed by atoms with E-state index in [0.717, 1.165) is 5.69 Å². The highest BCUT2D eigenvalue weighted by Gasteiger charge is 2.38. The van der Waals surface area contributed by atoms with Crippen LogP contribution in [0, 0.1) is 0 Å². The van der Waals surface area contributed by atoms with Crippen LogP contribution >= 0.6 is 0 Å². The van der Waals surface area contributed by atoms with E-state index in [9.17, 15) is 0 Å². The molecule has 11 rings (SSSR count). The second kappa shape index (κ2) is 11.2. The van der Waals surface area contributed by atoms with E-state index < -0.39 is 0 Å². The Kier molecular flexibility index (Phi) is 6.33. The average molecular weight is 677 g/mol. The summed E-state index contributed by atoms with van der Waals surface area (Å²) < 4.78 is 5.02. The van der Waals surface area contributed by atoms with Gasteiger partial charge in [0, 0.05) is 32.6 Å². The molecule has 0 fully saturated rings. The predicted octanol–water partition coefficient (Wildman–Crippen LogP) is 13.5. The number of para-hydroxylation sites is 2. The van der Waals surface area contributed by atoms with Crippen molar-refractivity contribution in [2.75, 3.05) is 0 Å². The first-order valence-electron chi connectivity index (χ1n) is 18.5. The Morgan fingerprint density at radius 3 is 1.68 bits per heavy atom. The van der Waals surface area contributed by atoms with Crippen molar-refractivity contribution in [3.63, 3.8) is 0 Å². The third kappa shape index (κ3) is 4.27. The van der Waals surface area contributed by atoms with Crippen LogP contribution in [-0.4, -0.2) is 9.13 Å². The average Bonchev–Trinajstić information content (AvgIpc) is 3.82. The van der Waals surface area contributed by atoms with E-state index in [0.29, 0.717) is 0 Å². The summed E-state index contributed by atoms with van der Waals surface area (Å²) in [5, 5.41) is 5.07. The van der Waals surface area contributed by atoms with Gasteiger partial charge in [-0.05, 0) is 80.9 Å². The van der Waals surface area contributed by atoms with Gasteiger partial charge >= 0.3 is 0 Å². The number of nitrogens with zero attached hydrogens (tertiary/aromatic N) is 2. The summed E-state index contributed by atoms with van der Waals surface area (Å²) in [6.45, 7) is 4.76. The van der Waals surface area contributed by atoms with Crippen molar-refractivity contribution in [2.24, 2.45) is 0 Å². The first-order chi connectivity index (χ1) is 26.1. The fourth-order valence-corrected chi connectivity index (χ4v) is 9.33. The van der Waals surface area contributed by atoms with E-state index >= 15 is 0 Å². The Labute approximate surface area is 308 Å². The zero-order chi connectivity index (χ0) is 35.3. The topological polar surface area (TPSA) is 9.86 Å². The quantitative estimate of drug-likeness (QED) is 0.176. The second-order valence-corrected chi connectivity index (χ2v) is 14.9. The molecule has 250 valence electrons. The third-order valence-corrected chi connectivity index (χ3v) is 11.7. The van der Waals surface area contributed by atoms with Gasteiger partial charge in [-0.1, -0.05) is 159 Å². The molecule has 0 N–H and O–H groups in total. The van der Waals surface area contributed by atoms with Crippen LogP contribution in [0.25, 0.3) is 88.4 Å². The summed E-state index contributed by atoms with van der Waals surface area (Å²) in [7, 11) is 0. The molecule has 0 bridgehead atoms. The molecule has 10 aromatic rings. The van der Waals surface area contributed by atoms with Gasteiger partial charge < -0.3 is 9.13 Å². The van der Waals surface area contributed by atoms with Gasteiger partial charge in [-0.25, -0.2) is 0 Å². The standard InChI is InChI=1S/C51H36N2/c1-51(2)43-19-9-6-15-38(43)40-18-12-22-47(49(40)51)53-45-21-11-8-17-42(45)48-46(53)32-31-41-39-16-7-10-20-44(39)52(50(41)48)37-29-27-36(28-30-37)35-25-23-34(24-26-35)33-13-4-3-5-14-33/h3-32H,1-2H3. The highest BCUT2D eigenvalue weighted by Crippen LogP contribution is 2.52. The maximum absolute atomic E-state index is 2.53. The SMILES string of the molecule is CC1(C)c2ccccc2-c2cccc(-n3c4ccccc4c4c3ccc3c5ccccc5n(-c5ccc(-c6ccc(-c7ccccc7)cc6)cc5)c34)c21. The molecule has 0 spiro atoms. The smallest absolute Gasteiger partial charge is 0.0641 e. The molecule has 0 atom stereocenters. The van der Waals surface area contributed by atoms with E-state index in [4.69, 9.17) is 0 Å². The maximum atomic E-state index is 2.53. The molecule has 1 aliphatic rings. The van der Waals surface area contributed by atoms with Crippen LogP contribution in [0.15, 0.2) is 182 Å². The Morgan fingerprint density at radius 1 is 0.377 bits per heavy atom. The van der Waals surface area contributed by atoms with Gasteiger partial charge in [-0.15, -0.1) is 0 Å². The molecule has 0 saturated heterocycles. The lowest BCUT2D eigenvalue weighted by atomic mass is 9.81. The van der Waals surface area contributed by atoms with Crippen molar-refractivity contribution in [1.82, 2.24) is 9.13 Å². The molecule has 0 saturated carbocycles. The summed E-state index contributed by atoms with van der Waals surface area (Å²) in [5.74, 6) is 0. The van der Waals surface area contributed by atoms with Crippen LogP contribution in [0.3, 0.4) is 0 Å². The Bertz CT molecular complexity index is 3050. The Hall–Kier alpha value is -6.64. The zero-order valence-electron chi connectivity index (χ0n) is 29.7. The van der Waals surface area contributed by atoms with E-state index in [1.54, 1.807) is 0 Å². The highest BCUT2D eigenvalue weighted by atomic mass is 15.0. The molecule has 2 heterocycles. The Morgan fingerprint density at radius 2 is 0.943 bits per heavy atom. The van der Waals surface area contributed by atoms with Crippen molar-refractivity contribution in [1.29, 1.82) is 0 Å². The van der Waals surface area contributed by atoms with Gasteiger partial charge in [0.1, 0.15) is 0 Å². The van der Waals surface area contributed by atoms with Gasteiger partial charge in [0.05, 0.1) is 27.8 Å². The lowest BCUT2D eigenvalue weighted by Gasteiger charge is -2.25. The molecule has 1 aliphatic carbocycles. The first-order valence-corrected chi connectivity index (χ1v) is 18.5. The van der Waals surface area contributed by atoms with Crippen LogP contribution in [0.1, 0.15) is 25.0 Å². The molecule has 0 unspecified atom stereocenters. The summed E-state index contributed by atoms with van der Waals surface area (Å²) in [5.41, 5.74) is 17.5. The van der Waals surface area contributed by atoms with E-state index in [1.807, 2.05) is 0 Å². The minimum absolute atomic E-state index is 0.136. The molecular formula is C51H36N2. The fraction of sp³-hybridized carbons (Fsp3) is 0.0588. The third-order valence-electron chi connectivity index (χ3n) is 11.7. The summed E-state index contributed by atoms with van der Waals surface area (Å²) >= 11 is 0. The number of aromatic nitrogens is 2. The van der Waals surface area contributed by atoms with Crippen LogP contribution in [0.2, 0.25) is 0 Å². The number of benzene rings is 8. The van der Waals surface area contributed by atoms with Crippen molar-refractivity contribution in [3.05, 3.63) is 193 Å². The van der Waals surface area contributed by atoms with Crippen LogP contribution in [-0.2, 0) is 5.41 Å². The zero-order valence-corrected chi connectivity index (χ0v) is 29.7. The van der Waals surface area contributed by atoms with Gasteiger partial charge in [0.2, 0.25) is 0 Å².